The molecule has 0 spiro atoms. The number of hydrogen-bond acceptors (Lipinski definition) is 4. The van der Waals surface area contributed by atoms with E-state index in [9.17, 15) is 14.0 Å². The molecule has 7 heteroatoms. The Kier molecular flexibility index (Phi) is 7.18. The van der Waals surface area contributed by atoms with Gasteiger partial charge >= 0.3 is 0 Å². The van der Waals surface area contributed by atoms with Gasteiger partial charge in [0.25, 0.3) is 11.5 Å². The van der Waals surface area contributed by atoms with Gasteiger partial charge in [0.2, 0.25) is 0 Å². The monoisotopic (exact) mass is 352 g/mol. The summed E-state index contributed by atoms with van der Waals surface area (Å²) in [6.45, 7) is 6.87. The second kappa shape index (κ2) is 8.65. The number of carbonyl (C=O) groups excluding carboxylic acids is 1. The highest BCUT2D eigenvalue weighted by Gasteiger charge is 2.28. The highest BCUT2D eigenvalue weighted by atomic mass is 32.1. The molecule has 0 aromatic carbocycles. The quantitative estimate of drug-likeness (QED) is 0.306. The van der Waals surface area contributed by atoms with Crippen molar-refractivity contribution in [2.75, 3.05) is 0 Å². The number of nitrogens with one attached hydrogen (secondary N) is 1. The van der Waals surface area contributed by atoms with Crippen LogP contribution < -0.4 is 11.0 Å². The minimum atomic E-state index is -1.19. The van der Waals surface area contributed by atoms with Crippen LogP contribution in [0.4, 0.5) is 4.39 Å². The van der Waals surface area contributed by atoms with Gasteiger partial charge in [0, 0.05) is 24.4 Å². The molecule has 1 aromatic heterocycles. The van der Waals surface area contributed by atoms with E-state index in [-0.39, 0.29) is 18.5 Å². The SMILES string of the molecule is C=C/C=C\C(=C/C)c1cc(=O)n(CCC(C)(S)C(=O)NO)cc1F. The van der Waals surface area contributed by atoms with Crippen LogP contribution in [-0.4, -0.2) is 20.4 Å². The molecule has 0 aliphatic carbocycles. The van der Waals surface area contributed by atoms with Gasteiger partial charge in [-0.15, -0.1) is 0 Å². The molecule has 0 bridgehead atoms. The van der Waals surface area contributed by atoms with Gasteiger partial charge in [-0.05, 0) is 25.8 Å². The zero-order chi connectivity index (χ0) is 18.3. The minimum absolute atomic E-state index is 0.0805. The van der Waals surface area contributed by atoms with Gasteiger partial charge in [0.15, 0.2) is 0 Å². The first kappa shape index (κ1) is 19.9. The van der Waals surface area contributed by atoms with Crippen LogP contribution in [-0.2, 0) is 11.3 Å². The number of rotatable bonds is 7. The number of hydroxylamine groups is 1. The van der Waals surface area contributed by atoms with Crippen LogP contribution in [0.15, 0.2) is 47.9 Å². The number of amides is 1. The molecule has 0 saturated heterocycles. The fourth-order valence-electron chi connectivity index (χ4n) is 2.03. The summed E-state index contributed by atoms with van der Waals surface area (Å²) in [6.07, 6.45) is 7.80. The van der Waals surface area contributed by atoms with E-state index in [2.05, 4.69) is 19.2 Å². The van der Waals surface area contributed by atoms with Crippen molar-refractivity contribution in [3.63, 3.8) is 0 Å². The number of aromatic nitrogens is 1. The zero-order valence-corrected chi connectivity index (χ0v) is 14.5. The first-order chi connectivity index (χ1) is 11.3. The molecule has 1 atom stereocenters. The van der Waals surface area contributed by atoms with Crippen LogP contribution in [0.2, 0.25) is 0 Å². The van der Waals surface area contributed by atoms with Gasteiger partial charge in [-0.25, -0.2) is 9.87 Å². The fraction of sp³-hybridized carbons (Fsp3) is 0.294. The lowest BCUT2D eigenvalue weighted by Gasteiger charge is -2.21. The maximum Gasteiger partial charge on any atom is 0.259 e. The maximum absolute atomic E-state index is 14.3. The Morgan fingerprint density at radius 3 is 2.79 bits per heavy atom. The lowest BCUT2D eigenvalue weighted by Crippen LogP contribution is -2.40. The average molecular weight is 352 g/mol. The summed E-state index contributed by atoms with van der Waals surface area (Å²) in [4.78, 5) is 23.7. The van der Waals surface area contributed by atoms with Crippen molar-refractivity contribution in [3.05, 3.63) is 64.9 Å². The second-order valence-electron chi connectivity index (χ2n) is 5.37. The lowest BCUT2D eigenvalue weighted by molar-refractivity contribution is -0.131. The molecule has 1 rings (SSSR count). The number of thiol groups is 1. The molecule has 24 heavy (non-hydrogen) atoms. The molecule has 0 radical (unpaired) electrons. The van der Waals surface area contributed by atoms with E-state index in [1.165, 1.54) is 23.0 Å². The third kappa shape index (κ3) is 4.94. The molecule has 130 valence electrons. The molecule has 1 unspecified atom stereocenters. The van der Waals surface area contributed by atoms with Gasteiger partial charge in [-0.3, -0.25) is 14.8 Å². The molecule has 2 N–H and O–H groups in total. The van der Waals surface area contributed by atoms with Crippen LogP contribution in [0.1, 0.15) is 25.8 Å². The predicted molar refractivity (Wildman–Crippen MR) is 95.6 cm³/mol. The van der Waals surface area contributed by atoms with E-state index in [4.69, 9.17) is 5.21 Å². The summed E-state index contributed by atoms with van der Waals surface area (Å²) >= 11 is 4.15. The Labute approximate surface area is 145 Å². The Balaban J connectivity index is 3.08. The number of carbonyl (C=O) groups is 1. The van der Waals surface area contributed by atoms with Crippen LogP contribution in [0.5, 0.6) is 0 Å². The number of aryl methyl sites for hydroxylation is 1. The first-order valence-corrected chi connectivity index (χ1v) is 7.74. The molecule has 0 saturated carbocycles. The molecule has 0 aliphatic heterocycles. The summed E-state index contributed by atoms with van der Waals surface area (Å²) in [5.41, 5.74) is 1.88. The summed E-state index contributed by atoms with van der Waals surface area (Å²) in [7, 11) is 0. The largest absolute Gasteiger partial charge is 0.312 e. The normalized spacial score (nSPS) is 14.5. The molecule has 1 amide bonds. The Hall–Kier alpha value is -2.12. The summed E-state index contributed by atoms with van der Waals surface area (Å²) < 4.78 is 14.3. The average Bonchev–Trinajstić information content (AvgIpc) is 2.55. The van der Waals surface area contributed by atoms with Crippen LogP contribution >= 0.6 is 12.6 Å². The summed E-state index contributed by atoms with van der Waals surface area (Å²) in [5.74, 6) is -1.24. The van der Waals surface area contributed by atoms with E-state index in [0.29, 0.717) is 5.57 Å². The summed E-state index contributed by atoms with van der Waals surface area (Å²) in [5, 5.41) is 8.67. The van der Waals surface area contributed by atoms with E-state index >= 15 is 0 Å². The van der Waals surface area contributed by atoms with Crippen molar-refractivity contribution in [1.29, 1.82) is 0 Å². The Morgan fingerprint density at radius 1 is 1.58 bits per heavy atom. The standard InChI is InChI=1S/C17H21FN2O3S/c1-4-6-7-12(5-2)13-10-15(21)20(11-14(13)18)9-8-17(3,24)16(22)19-23/h4-7,10-11,23-24H,1,8-9H2,2-3H3,(H,19,22)/b7-6-,12-5+. The zero-order valence-electron chi connectivity index (χ0n) is 13.6. The molecule has 1 aromatic rings. The van der Waals surface area contributed by atoms with Crippen LogP contribution in [0.3, 0.4) is 0 Å². The predicted octanol–water partition coefficient (Wildman–Crippen LogP) is 2.72. The number of allylic oxidation sites excluding steroid dienone is 5. The van der Waals surface area contributed by atoms with Crippen LogP contribution in [0.25, 0.3) is 5.57 Å². The molecule has 1 heterocycles. The minimum Gasteiger partial charge on any atom is -0.312 e. The molecular weight excluding hydrogens is 331 g/mol. The van der Waals surface area contributed by atoms with Gasteiger partial charge in [0.1, 0.15) is 5.82 Å². The van der Waals surface area contributed by atoms with E-state index < -0.39 is 22.0 Å². The van der Waals surface area contributed by atoms with Crippen molar-refractivity contribution in [2.45, 2.75) is 31.6 Å². The van der Waals surface area contributed by atoms with Gasteiger partial charge < -0.3 is 4.57 Å². The smallest absolute Gasteiger partial charge is 0.259 e. The topological polar surface area (TPSA) is 71.3 Å². The van der Waals surface area contributed by atoms with Crippen LogP contribution in [0, 0.1) is 5.82 Å². The van der Waals surface area contributed by atoms with Crippen molar-refractivity contribution < 1.29 is 14.4 Å². The highest BCUT2D eigenvalue weighted by Crippen LogP contribution is 2.21. The second-order valence-corrected chi connectivity index (χ2v) is 6.36. The molecular formula is C17H21FN2O3S. The van der Waals surface area contributed by atoms with Crippen molar-refractivity contribution in [2.24, 2.45) is 0 Å². The van der Waals surface area contributed by atoms with Crippen molar-refractivity contribution in [3.8, 4) is 0 Å². The third-order valence-corrected chi connectivity index (χ3v) is 3.97. The van der Waals surface area contributed by atoms with Gasteiger partial charge in [-0.1, -0.05) is 30.9 Å². The number of nitrogens with zero attached hydrogens (tertiary/aromatic N) is 1. The maximum atomic E-state index is 14.3. The molecule has 0 aliphatic rings. The summed E-state index contributed by atoms with van der Waals surface area (Å²) in [6, 6.07) is 1.21. The molecule has 0 fully saturated rings. The number of pyridine rings is 1. The van der Waals surface area contributed by atoms with Crippen molar-refractivity contribution in [1.82, 2.24) is 10.0 Å². The molecule has 5 nitrogen and oxygen atoms in total. The Morgan fingerprint density at radius 2 is 2.25 bits per heavy atom. The highest BCUT2D eigenvalue weighted by molar-refractivity contribution is 7.82. The first-order valence-electron chi connectivity index (χ1n) is 7.29. The third-order valence-electron chi connectivity index (χ3n) is 3.54. The van der Waals surface area contributed by atoms with Gasteiger partial charge in [-0.2, -0.15) is 12.6 Å². The lowest BCUT2D eigenvalue weighted by atomic mass is 10.0. The van der Waals surface area contributed by atoms with Gasteiger partial charge in [0.05, 0.1) is 4.75 Å². The Bertz CT molecular complexity index is 736. The van der Waals surface area contributed by atoms with E-state index in [1.807, 2.05) is 0 Å². The van der Waals surface area contributed by atoms with E-state index in [0.717, 1.165) is 6.20 Å². The van der Waals surface area contributed by atoms with Crippen molar-refractivity contribution >= 4 is 24.1 Å². The fourth-order valence-corrected chi connectivity index (χ4v) is 2.18. The van der Waals surface area contributed by atoms with E-state index in [1.54, 1.807) is 31.2 Å². The number of halogens is 1. The number of hydrogen-bond donors (Lipinski definition) is 3.